The fraction of sp³-hybridized carbons (Fsp3) is 0.538. The predicted octanol–water partition coefficient (Wildman–Crippen LogP) is 4.16. The summed E-state index contributed by atoms with van der Waals surface area (Å²) >= 11 is 0. The van der Waals surface area contributed by atoms with Gasteiger partial charge in [0.25, 0.3) is 5.92 Å². The van der Waals surface area contributed by atoms with Gasteiger partial charge in [0.05, 0.1) is 5.56 Å². The highest BCUT2D eigenvalue weighted by molar-refractivity contribution is 5.46. The van der Waals surface area contributed by atoms with Crippen LogP contribution in [0.25, 0.3) is 0 Å². The molecule has 96 valence electrons. The van der Waals surface area contributed by atoms with Crippen molar-refractivity contribution in [3.05, 3.63) is 23.8 Å². The minimum Gasteiger partial charge on any atom is -0.504 e. The summed E-state index contributed by atoms with van der Waals surface area (Å²) in [5, 5.41) is 18.6. The summed E-state index contributed by atoms with van der Waals surface area (Å²) in [7, 11) is 0. The molecule has 4 heteroatoms. The highest BCUT2D eigenvalue weighted by Crippen LogP contribution is 2.42. The number of phenols is 2. The van der Waals surface area contributed by atoms with Crippen molar-refractivity contribution in [1.82, 2.24) is 0 Å². The molecule has 0 aliphatic heterocycles. The lowest BCUT2D eigenvalue weighted by atomic mass is 10.0. The molecule has 17 heavy (non-hydrogen) atoms. The monoisotopic (exact) mass is 244 g/mol. The first-order valence-corrected chi connectivity index (χ1v) is 5.88. The van der Waals surface area contributed by atoms with Gasteiger partial charge in [0.15, 0.2) is 11.5 Å². The number of benzene rings is 1. The Balaban J connectivity index is 2.71. The fourth-order valence-electron chi connectivity index (χ4n) is 1.73. The molecule has 0 aliphatic rings. The lowest BCUT2D eigenvalue weighted by Gasteiger charge is -2.18. The van der Waals surface area contributed by atoms with Gasteiger partial charge >= 0.3 is 0 Å². The number of aromatic hydroxyl groups is 2. The van der Waals surface area contributed by atoms with E-state index in [1.54, 1.807) is 0 Å². The molecule has 1 aromatic carbocycles. The van der Waals surface area contributed by atoms with Crippen LogP contribution in [0.1, 0.15) is 44.6 Å². The molecule has 0 aliphatic carbocycles. The minimum atomic E-state index is -3.09. The Bertz CT molecular complexity index is 364. The van der Waals surface area contributed by atoms with Gasteiger partial charge in [0, 0.05) is 6.42 Å². The number of hydrogen-bond acceptors (Lipinski definition) is 2. The van der Waals surface area contributed by atoms with Crippen molar-refractivity contribution in [3.63, 3.8) is 0 Å². The molecule has 0 atom stereocenters. The third kappa shape index (κ3) is 3.58. The lowest BCUT2D eigenvalue weighted by molar-refractivity contribution is -0.0180. The van der Waals surface area contributed by atoms with E-state index in [2.05, 4.69) is 0 Å². The second kappa shape index (κ2) is 5.84. The Labute approximate surface area is 99.9 Å². The van der Waals surface area contributed by atoms with Gasteiger partial charge < -0.3 is 10.2 Å². The molecule has 0 bridgehead atoms. The van der Waals surface area contributed by atoms with Crippen molar-refractivity contribution >= 4 is 0 Å². The minimum absolute atomic E-state index is 0.302. The van der Waals surface area contributed by atoms with Gasteiger partial charge in [-0.05, 0) is 18.6 Å². The van der Waals surface area contributed by atoms with E-state index in [-0.39, 0.29) is 6.42 Å². The van der Waals surface area contributed by atoms with Crippen LogP contribution in [0.2, 0.25) is 0 Å². The Morgan fingerprint density at radius 1 is 1.12 bits per heavy atom. The topological polar surface area (TPSA) is 40.5 Å². The molecule has 0 aromatic heterocycles. The maximum atomic E-state index is 13.8. The molecule has 0 saturated carbocycles. The van der Waals surface area contributed by atoms with Crippen LogP contribution in [0.3, 0.4) is 0 Å². The maximum Gasteiger partial charge on any atom is 0.276 e. The third-order valence-electron chi connectivity index (χ3n) is 2.75. The smallest absolute Gasteiger partial charge is 0.276 e. The second-order valence-electron chi connectivity index (χ2n) is 4.19. The van der Waals surface area contributed by atoms with Crippen molar-refractivity contribution < 1.29 is 19.0 Å². The van der Waals surface area contributed by atoms with E-state index in [0.717, 1.165) is 25.3 Å². The van der Waals surface area contributed by atoms with Crippen LogP contribution in [0, 0.1) is 0 Å². The normalized spacial score (nSPS) is 11.7. The van der Waals surface area contributed by atoms with Crippen molar-refractivity contribution in [1.29, 1.82) is 0 Å². The number of para-hydroxylation sites is 1. The van der Waals surface area contributed by atoms with Gasteiger partial charge in [-0.25, -0.2) is 8.78 Å². The molecule has 0 heterocycles. The maximum absolute atomic E-state index is 13.8. The average Bonchev–Trinajstić information content (AvgIpc) is 2.28. The highest BCUT2D eigenvalue weighted by Gasteiger charge is 2.34. The zero-order valence-corrected chi connectivity index (χ0v) is 9.92. The van der Waals surface area contributed by atoms with Crippen LogP contribution in [0.15, 0.2) is 18.2 Å². The van der Waals surface area contributed by atoms with Crippen LogP contribution in [0.5, 0.6) is 11.5 Å². The number of rotatable bonds is 6. The third-order valence-corrected chi connectivity index (χ3v) is 2.75. The van der Waals surface area contributed by atoms with E-state index in [0.29, 0.717) is 6.42 Å². The molecule has 0 spiro atoms. The summed E-state index contributed by atoms with van der Waals surface area (Å²) in [4.78, 5) is 0. The van der Waals surface area contributed by atoms with E-state index in [1.165, 1.54) is 12.1 Å². The lowest BCUT2D eigenvalue weighted by Crippen LogP contribution is -2.13. The van der Waals surface area contributed by atoms with Gasteiger partial charge in [-0.15, -0.1) is 0 Å². The standard InChI is InChI=1S/C13H18F2O2/c1-2-3-4-5-9-13(14,15)10-7-6-8-11(16)12(10)17/h6-8,16-17H,2-5,9H2,1H3. The van der Waals surface area contributed by atoms with E-state index in [4.69, 9.17) is 0 Å². The zero-order valence-electron chi connectivity index (χ0n) is 9.92. The van der Waals surface area contributed by atoms with Crippen LogP contribution in [-0.2, 0) is 5.92 Å². The van der Waals surface area contributed by atoms with Crippen LogP contribution in [0.4, 0.5) is 8.78 Å². The Hall–Kier alpha value is -1.32. The summed E-state index contributed by atoms with van der Waals surface area (Å²) in [6.45, 7) is 2.01. The molecule has 0 radical (unpaired) electrons. The van der Waals surface area contributed by atoms with Crippen molar-refractivity contribution in [2.45, 2.75) is 45.0 Å². The number of phenolic OH excluding ortho intramolecular Hbond substituents is 2. The number of hydrogen-bond donors (Lipinski definition) is 2. The van der Waals surface area contributed by atoms with Crippen molar-refractivity contribution in [2.24, 2.45) is 0 Å². The molecule has 1 rings (SSSR count). The second-order valence-corrected chi connectivity index (χ2v) is 4.19. The molecule has 0 fully saturated rings. The van der Waals surface area contributed by atoms with E-state index < -0.39 is 23.0 Å². The van der Waals surface area contributed by atoms with Crippen molar-refractivity contribution in [2.75, 3.05) is 0 Å². The van der Waals surface area contributed by atoms with Crippen LogP contribution >= 0.6 is 0 Å². The van der Waals surface area contributed by atoms with Crippen molar-refractivity contribution in [3.8, 4) is 11.5 Å². The number of unbranched alkanes of at least 4 members (excludes halogenated alkanes) is 3. The van der Waals surface area contributed by atoms with Gasteiger partial charge in [-0.3, -0.25) is 0 Å². The quantitative estimate of drug-likeness (QED) is 0.582. The Kier molecular flexibility index (Phi) is 4.73. The van der Waals surface area contributed by atoms with Gasteiger partial charge in [0.2, 0.25) is 0 Å². The van der Waals surface area contributed by atoms with Gasteiger partial charge in [-0.1, -0.05) is 32.3 Å². The van der Waals surface area contributed by atoms with E-state index in [1.807, 2.05) is 6.92 Å². The highest BCUT2D eigenvalue weighted by atomic mass is 19.3. The van der Waals surface area contributed by atoms with E-state index >= 15 is 0 Å². The largest absolute Gasteiger partial charge is 0.504 e. The SMILES string of the molecule is CCCCCCC(F)(F)c1cccc(O)c1O. The first-order valence-electron chi connectivity index (χ1n) is 5.88. The molecule has 0 amide bonds. The molecule has 0 saturated heterocycles. The summed E-state index contributed by atoms with van der Waals surface area (Å²) in [5.41, 5.74) is -0.492. The first kappa shape index (κ1) is 13.7. The summed E-state index contributed by atoms with van der Waals surface area (Å²) < 4.78 is 27.5. The summed E-state index contributed by atoms with van der Waals surface area (Å²) in [6, 6.07) is 3.64. The molecular weight excluding hydrogens is 226 g/mol. The molecule has 2 N–H and O–H groups in total. The van der Waals surface area contributed by atoms with Crippen LogP contribution < -0.4 is 0 Å². The molecule has 0 unspecified atom stereocenters. The van der Waals surface area contributed by atoms with Gasteiger partial charge in [0.1, 0.15) is 0 Å². The predicted molar refractivity (Wildman–Crippen MR) is 62.4 cm³/mol. The summed E-state index contributed by atoms with van der Waals surface area (Å²) in [6.07, 6.45) is 2.79. The number of alkyl halides is 2. The average molecular weight is 244 g/mol. The Morgan fingerprint density at radius 2 is 1.82 bits per heavy atom. The Morgan fingerprint density at radius 3 is 2.47 bits per heavy atom. The molecule has 2 nitrogen and oxygen atoms in total. The molecule has 1 aromatic rings. The number of halogens is 2. The summed E-state index contributed by atoms with van der Waals surface area (Å²) in [5.74, 6) is -4.31. The van der Waals surface area contributed by atoms with Crippen LogP contribution in [-0.4, -0.2) is 10.2 Å². The fourth-order valence-corrected chi connectivity index (χ4v) is 1.73. The van der Waals surface area contributed by atoms with Gasteiger partial charge in [-0.2, -0.15) is 0 Å². The van der Waals surface area contributed by atoms with E-state index in [9.17, 15) is 19.0 Å². The zero-order chi connectivity index (χ0) is 12.9. The first-order chi connectivity index (χ1) is 7.99. The molecular formula is C13H18F2O2.